The normalized spacial score (nSPS) is 12.5. The second-order valence-electron chi connectivity index (χ2n) is 7.26. The summed E-state index contributed by atoms with van der Waals surface area (Å²) in [5.74, 6) is -1.64. The maximum atomic E-state index is 12.7. The Morgan fingerprint density at radius 3 is 2.27 bits per heavy atom. The molecule has 3 rings (SSSR count). The molecule has 0 saturated heterocycles. The molecule has 0 fully saturated rings. The van der Waals surface area contributed by atoms with Crippen LogP contribution >= 0.6 is 0 Å². The Kier molecular flexibility index (Phi) is 5.93. The Morgan fingerprint density at radius 1 is 1.00 bits per heavy atom. The van der Waals surface area contributed by atoms with Crippen LogP contribution in [0.4, 0.5) is 11.4 Å². The predicted molar refractivity (Wildman–Crippen MR) is 110 cm³/mol. The van der Waals surface area contributed by atoms with E-state index < -0.39 is 17.7 Å². The number of rotatable bonds is 6. The number of amides is 4. The van der Waals surface area contributed by atoms with Gasteiger partial charge in [-0.25, -0.2) is 0 Å². The molecule has 0 saturated carbocycles. The highest BCUT2D eigenvalue weighted by Gasteiger charge is 2.36. The standard InChI is InChI=1S/C22H20N4O4/c1-13(2)12-26-21(29)15-8-7-14(11-16(15)22(26)30)20(28)25-18-6-4-3-5-17(18)24-19(27)9-10-23/h3-8,11,13H,9,12H2,1-2H3,(H,24,27)(H,25,28). The molecule has 30 heavy (non-hydrogen) atoms. The number of nitrogens with zero attached hydrogens (tertiary/aromatic N) is 2. The number of imide groups is 1. The molecule has 1 aliphatic heterocycles. The Labute approximate surface area is 173 Å². The fraction of sp³-hybridized carbons (Fsp3) is 0.227. The third kappa shape index (κ3) is 4.20. The Balaban J connectivity index is 1.82. The number of fused-ring (bicyclic) bond motifs is 1. The van der Waals surface area contributed by atoms with Crippen LogP contribution in [0.3, 0.4) is 0 Å². The van der Waals surface area contributed by atoms with E-state index in [1.807, 2.05) is 13.8 Å². The van der Waals surface area contributed by atoms with Gasteiger partial charge in [0.05, 0.1) is 28.6 Å². The summed E-state index contributed by atoms with van der Waals surface area (Å²) in [6, 6.07) is 12.7. The SMILES string of the molecule is CC(C)CN1C(=O)c2ccc(C(=O)Nc3ccccc3NC(=O)CC#N)cc2C1=O. The Morgan fingerprint density at radius 2 is 1.63 bits per heavy atom. The summed E-state index contributed by atoms with van der Waals surface area (Å²) in [5.41, 5.74) is 1.38. The Hall–Kier alpha value is -3.99. The van der Waals surface area contributed by atoms with Crippen LogP contribution in [-0.2, 0) is 4.79 Å². The van der Waals surface area contributed by atoms with Crippen LogP contribution in [0.15, 0.2) is 42.5 Å². The zero-order chi connectivity index (χ0) is 21.8. The molecular weight excluding hydrogens is 384 g/mol. The van der Waals surface area contributed by atoms with Gasteiger partial charge >= 0.3 is 0 Å². The van der Waals surface area contributed by atoms with Crippen molar-refractivity contribution in [1.29, 1.82) is 5.26 Å². The van der Waals surface area contributed by atoms with E-state index >= 15 is 0 Å². The lowest BCUT2D eigenvalue weighted by Crippen LogP contribution is -2.33. The third-order valence-electron chi connectivity index (χ3n) is 4.47. The van der Waals surface area contributed by atoms with Gasteiger partial charge in [-0.15, -0.1) is 0 Å². The van der Waals surface area contributed by atoms with Gasteiger partial charge in [0, 0.05) is 12.1 Å². The molecule has 0 bridgehead atoms. The lowest BCUT2D eigenvalue weighted by Gasteiger charge is -2.15. The molecule has 1 aliphatic rings. The van der Waals surface area contributed by atoms with Crippen LogP contribution in [0.2, 0.25) is 0 Å². The molecule has 2 aromatic rings. The van der Waals surface area contributed by atoms with Crippen LogP contribution in [0.25, 0.3) is 0 Å². The van der Waals surface area contributed by atoms with Crippen molar-refractivity contribution < 1.29 is 19.2 Å². The minimum absolute atomic E-state index is 0.128. The van der Waals surface area contributed by atoms with Crippen molar-refractivity contribution in [3.05, 3.63) is 59.2 Å². The van der Waals surface area contributed by atoms with Gasteiger partial charge in [0.25, 0.3) is 17.7 Å². The van der Waals surface area contributed by atoms with Crippen LogP contribution < -0.4 is 10.6 Å². The van der Waals surface area contributed by atoms with E-state index in [4.69, 9.17) is 5.26 Å². The molecule has 0 spiro atoms. The molecule has 0 radical (unpaired) electrons. The van der Waals surface area contributed by atoms with Crippen LogP contribution in [0.1, 0.15) is 51.3 Å². The van der Waals surface area contributed by atoms with Gasteiger partial charge < -0.3 is 10.6 Å². The number of carbonyl (C=O) groups is 4. The van der Waals surface area contributed by atoms with E-state index in [2.05, 4.69) is 10.6 Å². The highest BCUT2D eigenvalue weighted by Crippen LogP contribution is 2.26. The molecule has 8 heteroatoms. The van der Waals surface area contributed by atoms with Crippen LogP contribution in [0.5, 0.6) is 0 Å². The molecule has 0 unspecified atom stereocenters. The molecule has 4 amide bonds. The second-order valence-corrected chi connectivity index (χ2v) is 7.26. The molecule has 2 N–H and O–H groups in total. The monoisotopic (exact) mass is 404 g/mol. The predicted octanol–water partition coefficient (Wildman–Crippen LogP) is 3.04. The molecular formula is C22H20N4O4. The molecule has 2 aromatic carbocycles. The molecule has 8 nitrogen and oxygen atoms in total. The van der Waals surface area contributed by atoms with Gasteiger partial charge in [0.1, 0.15) is 6.42 Å². The summed E-state index contributed by atoms with van der Waals surface area (Å²) in [4.78, 5) is 50.7. The summed E-state index contributed by atoms with van der Waals surface area (Å²) < 4.78 is 0. The number of hydrogen-bond acceptors (Lipinski definition) is 5. The van der Waals surface area contributed by atoms with Gasteiger partial charge in [0.15, 0.2) is 0 Å². The molecule has 0 aliphatic carbocycles. The molecule has 0 atom stereocenters. The summed E-state index contributed by atoms with van der Waals surface area (Å²) in [7, 11) is 0. The lowest BCUT2D eigenvalue weighted by atomic mass is 10.1. The number of nitriles is 1. The van der Waals surface area contributed by atoms with E-state index in [9.17, 15) is 19.2 Å². The van der Waals surface area contributed by atoms with E-state index in [-0.39, 0.29) is 34.9 Å². The van der Waals surface area contributed by atoms with Gasteiger partial charge in [0.2, 0.25) is 5.91 Å². The minimum atomic E-state index is -0.498. The fourth-order valence-corrected chi connectivity index (χ4v) is 3.12. The van der Waals surface area contributed by atoms with Crippen molar-refractivity contribution in [1.82, 2.24) is 4.90 Å². The quantitative estimate of drug-likeness (QED) is 0.717. The van der Waals surface area contributed by atoms with Gasteiger partial charge in [-0.2, -0.15) is 5.26 Å². The maximum absolute atomic E-state index is 12.7. The largest absolute Gasteiger partial charge is 0.323 e. The van der Waals surface area contributed by atoms with Crippen molar-refractivity contribution in [2.45, 2.75) is 20.3 Å². The molecule has 1 heterocycles. The summed E-state index contributed by atoms with van der Waals surface area (Å²) >= 11 is 0. The summed E-state index contributed by atoms with van der Waals surface area (Å²) in [6.45, 7) is 4.13. The summed E-state index contributed by atoms with van der Waals surface area (Å²) in [5, 5.41) is 13.9. The topological polar surface area (TPSA) is 119 Å². The number of nitrogens with one attached hydrogen (secondary N) is 2. The number of para-hydroxylation sites is 2. The smallest absolute Gasteiger partial charge is 0.261 e. The maximum Gasteiger partial charge on any atom is 0.261 e. The first kappa shape index (κ1) is 20.7. The molecule has 0 aromatic heterocycles. The lowest BCUT2D eigenvalue weighted by molar-refractivity contribution is -0.115. The van der Waals surface area contributed by atoms with Crippen molar-refractivity contribution in [2.75, 3.05) is 17.2 Å². The summed E-state index contributed by atoms with van der Waals surface area (Å²) in [6.07, 6.45) is -0.309. The number of benzene rings is 2. The Bertz CT molecular complexity index is 1080. The van der Waals surface area contributed by atoms with Crippen molar-refractivity contribution >= 4 is 35.0 Å². The van der Waals surface area contributed by atoms with E-state index in [0.29, 0.717) is 17.9 Å². The van der Waals surface area contributed by atoms with E-state index in [1.54, 1.807) is 30.3 Å². The van der Waals surface area contributed by atoms with Crippen molar-refractivity contribution in [3.8, 4) is 6.07 Å². The van der Waals surface area contributed by atoms with Gasteiger partial charge in [-0.05, 0) is 36.2 Å². The van der Waals surface area contributed by atoms with Gasteiger partial charge in [-0.3, -0.25) is 24.1 Å². The number of anilines is 2. The average Bonchev–Trinajstić information content (AvgIpc) is 2.93. The fourth-order valence-electron chi connectivity index (χ4n) is 3.12. The first-order chi connectivity index (χ1) is 14.3. The zero-order valence-corrected chi connectivity index (χ0v) is 16.6. The van der Waals surface area contributed by atoms with Crippen molar-refractivity contribution in [3.63, 3.8) is 0 Å². The highest BCUT2D eigenvalue weighted by molar-refractivity contribution is 6.22. The van der Waals surface area contributed by atoms with Gasteiger partial charge in [-0.1, -0.05) is 26.0 Å². The number of carbonyl (C=O) groups excluding carboxylic acids is 4. The zero-order valence-electron chi connectivity index (χ0n) is 16.6. The third-order valence-corrected chi connectivity index (χ3v) is 4.47. The molecule has 152 valence electrons. The minimum Gasteiger partial charge on any atom is -0.323 e. The second kappa shape index (κ2) is 8.57. The van der Waals surface area contributed by atoms with Crippen molar-refractivity contribution in [2.24, 2.45) is 5.92 Å². The number of hydrogen-bond donors (Lipinski definition) is 2. The van der Waals surface area contributed by atoms with E-state index in [0.717, 1.165) is 0 Å². The van der Waals surface area contributed by atoms with Crippen LogP contribution in [0, 0.1) is 17.2 Å². The van der Waals surface area contributed by atoms with E-state index in [1.165, 1.54) is 23.1 Å². The first-order valence-corrected chi connectivity index (χ1v) is 9.39. The highest BCUT2D eigenvalue weighted by atomic mass is 16.2. The first-order valence-electron chi connectivity index (χ1n) is 9.39. The van der Waals surface area contributed by atoms with Crippen LogP contribution in [-0.4, -0.2) is 35.1 Å². The average molecular weight is 404 g/mol.